The van der Waals surface area contributed by atoms with Crippen LogP contribution in [0, 0.1) is 5.41 Å². The first-order valence-electron chi connectivity index (χ1n) is 6.99. The topological polar surface area (TPSA) is 88.1 Å². The predicted molar refractivity (Wildman–Crippen MR) is 70.5 cm³/mol. The molecule has 1 atom stereocenters. The third-order valence-electron chi connectivity index (χ3n) is 4.01. The molecule has 2 amide bonds. The van der Waals surface area contributed by atoms with E-state index in [4.69, 9.17) is 9.47 Å². The number of aliphatic carboxylic acids is 1. The summed E-state index contributed by atoms with van der Waals surface area (Å²) in [5, 5.41) is 12.2. The first kappa shape index (κ1) is 15.1. The van der Waals surface area contributed by atoms with Gasteiger partial charge in [-0.25, -0.2) is 4.79 Å². The molecule has 20 heavy (non-hydrogen) atoms. The molecule has 2 fully saturated rings. The smallest absolute Gasteiger partial charge is 0.317 e. The number of hydrogen-bond donors (Lipinski definition) is 2. The SMILES string of the molecule is CC1CN(C(=O)NCC2(C(=O)O)CCOCC2)CCO1. The third-order valence-corrected chi connectivity index (χ3v) is 4.01. The Bertz CT molecular complexity index is 368. The molecule has 7 nitrogen and oxygen atoms in total. The highest BCUT2D eigenvalue weighted by molar-refractivity contribution is 5.78. The molecule has 0 bridgehead atoms. The molecule has 2 saturated heterocycles. The van der Waals surface area contributed by atoms with Crippen LogP contribution in [0.3, 0.4) is 0 Å². The second-order valence-electron chi connectivity index (χ2n) is 5.48. The molecule has 0 aromatic heterocycles. The van der Waals surface area contributed by atoms with E-state index in [-0.39, 0.29) is 18.7 Å². The summed E-state index contributed by atoms with van der Waals surface area (Å²) in [6.07, 6.45) is 0.885. The maximum Gasteiger partial charge on any atom is 0.317 e. The van der Waals surface area contributed by atoms with Crippen molar-refractivity contribution in [3.8, 4) is 0 Å². The molecule has 1 unspecified atom stereocenters. The van der Waals surface area contributed by atoms with E-state index in [2.05, 4.69) is 5.32 Å². The molecule has 0 radical (unpaired) electrons. The van der Waals surface area contributed by atoms with Crippen molar-refractivity contribution >= 4 is 12.0 Å². The summed E-state index contributed by atoms with van der Waals surface area (Å²) in [5.41, 5.74) is -0.897. The van der Waals surface area contributed by atoms with Gasteiger partial charge in [0, 0.05) is 32.8 Å². The van der Waals surface area contributed by atoms with Crippen LogP contribution in [0.1, 0.15) is 19.8 Å². The minimum absolute atomic E-state index is 0.0195. The summed E-state index contributed by atoms with van der Waals surface area (Å²) in [4.78, 5) is 25.2. The Hall–Kier alpha value is -1.34. The summed E-state index contributed by atoms with van der Waals surface area (Å²) in [6.45, 7) is 4.52. The number of morpholine rings is 1. The summed E-state index contributed by atoms with van der Waals surface area (Å²) in [6, 6.07) is -0.215. The van der Waals surface area contributed by atoms with Crippen LogP contribution in [0.2, 0.25) is 0 Å². The van der Waals surface area contributed by atoms with Crippen LogP contribution in [-0.2, 0) is 14.3 Å². The second-order valence-corrected chi connectivity index (χ2v) is 5.48. The van der Waals surface area contributed by atoms with E-state index in [1.807, 2.05) is 6.92 Å². The number of ether oxygens (including phenoxy) is 2. The fraction of sp³-hybridized carbons (Fsp3) is 0.846. The highest BCUT2D eigenvalue weighted by atomic mass is 16.5. The lowest BCUT2D eigenvalue weighted by Crippen LogP contribution is -2.53. The van der Waals surface area contributed by atoms with E-state index in [1.165, 1.54) is 0 Å². The number of hydrogen-bond acceptors (Lipinski definition) is 4. The molecule has 2 aliphatic heterocycles. The molecular formula is C13H22N2O5. The zero-order valence-electron chi connectivity index (χ0n) is 11.8. The van der Waals surface area contributed by atoms with Crippen LogP contribution in [0.4, 0.5) is 4.79 Å². The number of nitrogens with zero attached hydrogens (tertiary/aromatic N) is 1. The third kappa shape index (κ3) is 3.40. The summed E-state index contributed by atoms with van der Waals surface area (Å²) in [5.74, 6) is -0.864. The first-order chi connectivity index (χ1) is 9.53. The molecule has 2 heterocycles. The van der Waals surface area contributed by atoms with Crippen molar-refractivity contribution in [2.45, 2.75) is 25.9 Å². The van der Waals surface area contributed by atoms with E-state index >= 15 is 0 Å². The van der Waals surface area contributed by atoms with Crippen molar-refractivity contribution in [2.75, 3.05) is 39.5 Å². The lowest BCUT2D eigenvalue weighted by Gasteiger charge is -2.35. The standard InChI is InChI=1S/C13H22N2O5/c1-10-8-15(4-7-20-10)12(18)14-9-13(11(16)17)2-5-19-6-3-13/h10H,2-9H2,1H3,(H,14,18)(H,16,17). The van der Waals surface area contributed by atoms with Gasteiger partial charge in [-0.05, 0) is 19.8 Å². The maximum absolute atomic E-state index is 12.1. The van der Waals surface area contributed by atoms with E-state index in [9.17, 15) is 14.7 Å². The van der Waals surface area contributed by atoms with Gasteiger partial charge in [0.05, 0.1) is 18.1 Å². The van der Waals surface area contributed by atoms with Crippen LogP contribution < -0.4 is 5.32 Å². The fourth-order valence-electron chi connectivity index (χ4n) is 2.59. The lowest BCUT2D eigenvalue weighted by atomic mass is 9.80. The van der Waals surface area contributed by atoms with Crippen molar-refractivity contribution in [3.05, 3.63) is 0 Å². The maximum atomic E-state index is 12.1. The van der Waals surface area contributed by atoms with Gasteiger partial charge in [0.25, 0.3) is 0 Å². The quantitative estimate of drug-likeness (QED) is 0.779. The summed E-state index contributed by atoms with van der Waals surface area (Å²) >= 11 is 0. The molecule has 7 heteroatoms. The molecule has 2 rings (SSSR count). The van der Waals surface area contributed by atoms with Crippen molar-refractivity contribution in [1.82, 2.24) is 10.2 Å². The Morgan fingerprint density at radius 2 is 2.05 bits per heavy atom. The number of urea groups is 1. The normalized spacial score (nSPS) is 26.1. The number of amides is 2. The Kier molecular flexibility index (Phi) is 4.82. The monoisotopic (exact) mass is 286 g/mol. The number of nitrogens with one attached hydrogen (secondary N) is 1. The zero-order chi connectivity index (χ0) is 14.6. The highest BCUT2D eigenvalue weighted by Gasteiger charge is 2.40. The minimum atomic E-state index is -0.897. The van der Waals surface area contributed by atoms with Gasteiger partial charge >= 0.3 is 12.0 Å². The van der Waals surface area contributed by atoms with Crippen LogP contribution in [0.5, 0.6) is 0 Å². The number of carbonyl (C=O) groups excluding carboxylic acids is 1. The van der Waals surface area contributed by atoms with Crippen LogP contribution in [0.25, 0.3) is 0 Å². The van der Waals surface area contributed by atoms with Gasteiger partial charge in [-0.15, -0.1) is 0 Å². The van der Waals surface area contributed by atoms with Crippen molar-refractivity contribution < 1.29 is 24.2 Å². The Morgan fingerprint density at radius 1 is 1.35 bits per heavy atom. The molecule has 0 aromatic rings. The number of carboxylic acids is 1. The van der Waals surface area contributed by atoms with E-state index < -0.39 is 11.4 Å². The van der Waals surface area contributed by atoms with Crippen LogP contribution in [-0.4, -0.2) is 67.6 Å². The summed E-state index contributed by atoms with van der Waals surface area (Å²) in [7, 11) is 0. The minimum Gasteiger partial charge on any atom is -0.481 e. The van der Waals surface area contributed by atoms with Crippen molar-refractivity contribution in [2.24, 2.45) is 5.41 Å². The van der Waals surface area contributed by atoms with Crippen LogP contribution >= 0.6 is 0 Å². The van der Waals surface area contributed by atoms with E-state index in [0.29, 0.717) is 45.8 Å². The number of carbonyl (C=O) groups is 2. The fourth-order valence-corrected chi connectivity index (χ4v) is 2.59. The predicted octanol–water partition coefficient (Wildman–Crippen LogP) is 0.298. The van der Waals surface area contributed by atoms with E-state index in [1.54, 1.807) is 4.90 Å². The van der Waals surface area contributed by atoms with Gasteiger partial charge in [-0.1, -0.05) is 0 Å². The van der Waals surface area contributed by atoms with E-state index in [0.717, 1.165) is 0 Å². The zero-order valence-corrected chi connectivity index (χ0v) is 11.8. The molecule has 0 aromatic carbocycles. The summed E-state index contributed by atoms with van der Waals surface area (Å²) < 4.78 is 10.6. The number of carboxylic acid groups (broad SMARTS) is 1. The molecule has 0 aliphatic carbocycles. The first-order valence-corrected chi connectivity index (χ1v) is 6.99. The van der Waals surface area contributed by atoms with Crippen molar-refractivity contribution in [1.29, 1.82) is 0 Å². The van der Waals surface area contributed by atoms with Gasteiger partial charge in [0.1, 0.15) is 0 Å². The highest BCUT2D eigenvalue weighted by Crippen LogP contribution is 2.30. The Morgan fingerprint density at radius 3 is 2.65 bits per heavy atom. The molecule has 0 spiro atoms. The molecule has 2 aliphatic rings. The van der Waals surface area contributed by atoms with Crippen molar-refractivity contribution in [3.63, 3.8) is 0 Å². The Labute approximate surface area is 118 Å². The number of rotatable bonds is 3. The van der Waals surface area contributed by atoms with Gasteiger partial charge in [0.15, 0.2) is 0 Å². The van der Waals surface area contributed by atoms with Gasteiger partial charge in [-0.3, -0.25) is 4.79 Å². The van der Waals surface area contributed by atoms with Gasteiger partial charge in [0.2, 0.25) is 0 Å². The average Bonchev–Trinajstić information content (AvgIpc) is 2.45. The lowest BCUT2D eigenvalue weighted by molar-refractivity contribution is -0.154. The largest absolute Gasteiger partial charge is 0.481 e. The van der Waals surface area contributed by atoms with Gasteiger partial charge in [-0.2, -0.15) is 0 Å². The Balaban J connectivity index is 1.88. The van der Waals surface area contributed by atoms with Crippen LogP contribution in [0.15, 0.2) is 0 Å². The van der Waals surface area contributed by atoms with Gasteiger partial charge < -0.3 is 24.8 Å². The molecule has 114 valence electrons. The average molecular weight is 286 g/mol. The second kappa shape index (κ2) is 6.41. The molecular weight excluding hydrogens is 264 g/mol. The molecule has 0 saturated carbocycles. The molecule has 2 N–H and O–H groups in total.